The van der Waals surface area contributed by atoms with Crippen LogP contribution in [0.5, 0.6) is 17.2 Å². The van der Waals surface area contributed by atoms with Gasteiger partial charge in [-0.05, 0) is 36.4 Å². The highest BCUT2D eigenvalue weighted by Crippen LogP contribution is 2.29. The predicted molar refractivity (Wildman–Crippen MR) is 86.9 cm³/mol. The van der Waals surface area contributed by atoms with Gasteiger partial charge in [0.15, 0.2) is 18.1 Å². The first kappa shape index (κ1) is 17.6. The van der Waals surface area contributed by atoms with Crippen molar-refractivity contribution in [1.82, 2.24) is 0 Å². The summed E-state index contributed by atoms with van der Waals surface area (Å²) in [4.78, 5) is 23.3. The Bertz CT molecular complexity index is 744. The van der Waals surface area contributed by atoms with Crippen molar-refractivity contribution in [3.63, 3.8) is 0 Å². The Morgan fingerprint density at radius 2 is 1.83 bits per heavy atom. The van der Waals surface area contributed by atoms with E-state index in [-0.39, 0.29) is 12.2 Å². The van der Waals surface area contributed by atoms with Crippen molar-refractivity contribution in [2.24, 2.45) is 0 Å². The minimum absolute atomic E-state index is 0.261. The van der Waals surface area contributed by atoms with Crippen LogP contribution in [-0.2, 0) is 9.53 Å². The summed E-state index contributed by atoms with van der Waals surface area (Å²) >= 11 is 5.85. The average Bonchev–Trinajstić information content (AvgIpc) is 2.59. The highest BCUT2D eigenvalue weighted by atomic mass is 35.5. The summed E-state index contributed by atoms with van der Waals surface area (Å²) < 4.78 is 20.2. The number of benzene rings is 2. The fraction of sp³-hybridized carbons (Fsp3) is 0.176. The lowest BCUT2D eigenvalue weighted by Gasteiger charge is -2.11. The highest BCUT2D eigenvalue weighted by Gasteiger charge is 2.14. The van der Waals surface area contributed by atoms with E-state index < -0.39 is 11.9 Å². The zero-order valence-electron chi connectivity index (χ0n) is 13.1. The molecular weight excluding hydrogens is 336 g/mol. The SMILES string of the molecule is COC(=O)COc1ccc(C(=O)Oc2cccc(Cl)c2)cc1OC. The Kier molecular flexibility index (Phi) is 6.03. The number of rotatable bonds is 6. The summed E-state index contributed by atoms with van der Waals surface area (Å²) in [5.74, 6) is -0.171. The molecule has 0 aliphatic carbocycles. The third kappa shape index (κ3) is 4.63. The predicted octanol–water partition coefficient (Wildman–Crippen LogP) is 3.12. The molecule has 0 spiro atoms. The van der Waals surface area contributed by atoms with Gasteiger partial charge in [-0.3, -0.25) is 0 Å². The summed E-state index contributed by atoms with van der Waals surface area (Å²) in [6.45, 7) is -0.265. The van der Waals surface area contributed by atoms with Gasteiger partial charge in [-0.25, -0.2) is 9.59 Å². The van der Waals surface area contributed by atoms with Gasteiger partial charge >= 0.3 is 11.9 Å². The van der Waals surface area contributed by atoms with Crippen LogP contribution < -0.4 is 14.2 Å². The molecule has 0 aliphatic rings. The van der Waals surface area contributed by atoms with Gasteiger partial charge in [0.1, 0.15) is 5.75 Å². The first-order valence-corrected chi connectivity index (χ1v) is 7.26. The van der Waals surface area contributed by atoms with Crippen LogP contribution in [0.2, 0.25) is 5.02 Å². The number of carbonyl (C=O) groups is 2. The molecule has 0 heterocycles. The van der Waals surface area contributed by atoms with E-state index in [0.717, 1.165) is 0 Å². The number of methoxy groups -OCH3 is 2. The molecule has 0 saturated heterocycles. The van der Waals surface area contributed by atoms with Crippen LogP contribution in [0.4, 0.5) is 0 Å². The molecule has 0 bridgehead atoms. The Morgan fingerprint density at radius 3 is 2.50 bits per heavy atom. The van der Waals surface area contributed by atoms with Crippen LogP contribution in [0.25, 0.3) is 0 Å². The number of halogens is 1. The number of carbonyl (C=O) groups excluding carboxylic acids is 2. The van der Waals surface area contributed by atoms with Crippen molar-refractivity contribution < 1.29 is 28.5 Å². The fourth-order valence-electron chi connectivity index (χ4n) is 1.81. The zero-order valence-corrected chi connectivity index (χ0v) is 13.8. The molecule has 7 heteroatoms. The van der Waals surface area contributed by atoms with Crippen LogP contribution >= 0.6 is 11.6 Å². The normalized spacial score (nSPS) is 9.96. The van der Waals surface area contributed by atoms with Crippen molar-refractivity contribution in [2.75, 3.05) is 20.8 Å². The Morgan fingerprint density at radius 1 is 1.04 bits per heavy atom. The zero-order chi connectivity index (χ0) is 17.5. The molecule has 0 aromatic heterocycles. The van der Waals surface area contributed by atoms with Crippen molar-refractivity contribution in [3.8, 4) is 17.2 Å². The van der Waals surface area contributed by atoms with Gasteiger partial charge in [0.2, 0.25) is 0 Å². The number of hydrogen-bond donors (Lipinski definition) is 0. The molecule has 6 nitrogen and oxygen atoms in total. The van der Waals surface area contributed by atoms with Crippen LogP contribution in [0.15, 0.2) is 42.5 Å². The topological polar surface area (TPSA) is 71.1 Å². The minimum atomic E-state index is -0.574. The van der Waals surface area contributed by atoms with Crippen molar-refractivity contribution in [2.45, 2.75) is 0 Å². The summed E-state index contributed by atoms with van der Waals surface area (Å²) in [6.07, 6.45) is 0. The maximum absolute atomic E-state index is 12.2. The van der Waals surface area contributed by atoms with Crippen LogP contribution in [0.1, 0.15) is 10.4 Å². The summed E-state index contributed by atoms with van der Waals surface area (Å²) in [7, 11) is 2.68. The third-order valence-corrected chi connectivity index (χ3v) is 3.21. The summed E-state index contributed by atoms with van der Waals surface area (Å²) in [5, 5.41) is 0.462. The lowest BCUT2D eigenvalue weighted by atomic mass is 10.2. The van der Waals surface area contributed by atoms with Gasteiger partial charge in [0.25, 0.3) is 0 Å². The molecular formula is C17H15ClO6. The molecule has 126 valence electrons. The van der Waals surface area contributed by atoms with E-state index in [1.165, 1.54) is 38.5 Å². The van der Waals surface area contributed by atoms with Crippen molar-refractivity contribution in [1.29, 1.82) is 0 Å². The van der Waals surface area contributed by atoms with E-state index in [0.29, 0.717) is 22.3 Å². The van der Waals surface area contributed by atoms with Crippen LogP contribution in [0, 0.1) is 0 Å². The molecule has 0 amide bonds. The maximum atomic E-state index is 12.2. The van der Waals surface area contributed by atoms with E-state index in [1.807, 2.05) is 0 Å². The van der Waals surface area contributed by atoms with E-state index in [1.54, 1.807) is 18.2 Å². The first-order chi connectivity index (χ1) is 11.5. The lowest BCUT2D eigenvalue weighted by Crippen LogP contribution is -2.13. The van der Waals surface area contributed by atoms with Gasteiger partial charge in [-0.1, -0.05) is 17.7 Å². The summed E-state index contributed by atoms with van der Waals surface area (Å²) in [6, 6.07) is 11.0. The van der Waals surface area contributed by atoms with Gasteiger partial charge in [0.05, 0.1) is 19.8 Å². The molecule has 0 saturated carbocycles. The van der Waals surface area contributed by atoms with Crippen LogP contribution in [0.3, 0.4) is 0 Å². The van der Waals surface area contributed by atoms with Crippen molar-refractivity contribution >= 4 is 23.5 Å². The van der Waals surface area contributed by atoms with Gasteiger partial charge in [-0.2, -0.15) is 0 Å². The van der Waals surface area contributed by atoms with Crippen LogP contribution in [-0.4, -0.2) is 32.8 Å². The van der Waals surface area contributed by atoms with Gasteiger partial charge in [0, 0.05) is 5.02 Å². The molecule has 0 atom stereocenters. The van der Waals surface area contributed by atoms with E-state index in [9.17, 15) is 9.59 Å². The lowest BCUT2D eigenvalue weighted by molar-refractivity contribution is -0.142. The number of ether oxygens (including phenoxy) is 4. The Labute approximate surface area is 143 Å². The van der Waals surface area contributed by atoms with E-state index >= 15 is 0 Å². The average molecular weight is 351 g/mol. The third-order valence-electron chi connectivity index (χ3n) is 2.98. The molecule has 0 radical (unpaired) electrons. The van der Waals surface area contributed by atoms with E-state index in [2.05, 4.69) is 4.74 Å². The molecule has 0 N–H and O–H groups in total. The van der Waals surface area contributed by atoms with Gasteiger partial charge in [-0.15, -0.1) is 0 Å². The maximum Gasteiger partial charge on any atom is 0.343 e. The monoisotopic (exact) mass is 350 g/mol. The van der Waals surface area contributed by atoms with E-state index in [4.69, 9.17) is 25.8 Å². The smallest absolute Gasteiger partial charge is 0.343 e. The fourth-order valence-corrected chi connectivity index (χ4v) is 1.99. The molecule has 0 fully saturated rings. The Hall–Kier alpha value is -2.73. The van der Waals surface area contributed by atoms with Gasteiger partial charge < -0.3 is 18.9 Å². The Balaban J connectivity index is 2.13. The second-order valence-electron chi connectivity index (χ2n) is 4.58. The van der Waals surface area contributed by atoms with Crippen molar-refractivity contribution in [3.05, 3.63) is 53.1 Å². The number of esters is 2. The number of hydrogen-bond acceptors (Lipinski definition) is 6. The standard InChI is InChI=1S/C17H15ClO6/c1-21-15-8-11(6-7-14(15)23-10-16(19)22-2)17(20)24-13-5-3-4-12(18)9-13/h3-9H,10H2,1-2H3. The highest BCUT2D eigenvalue weighted by molar-refractivity contribution is 6.30. The molecule has 24 heavy (non-hydrogen) atoms. The second-order valence-corrected chi connectivity index (χ2v) is 5.01. The minimum Gasteiger partial charge on any atom is -0.493 e. The quantitative estimate of drug-likeness (QED) is 0.589. The summed E-state index contributed by atoms with van der Waals surface area (Å²) in [5.41, 5.74) is 0.261. The molecule has 0 aliphatic heterocycles. The second kappa shape index (κ2) is 8.21. The molecule has 2 aromatic rings. The molecule has 0 unspecified atom stereocenters. The largest absolute Gasteiger partial charge is 0.493 e. The molecule has 2 rings (SSSR count). The first-order valence-electron chi connectivity index (χ1n) is 6.89. The molecule has 2 aromatic carbocycles.